The summed E-state index contributed by atoms with van der Waals surface area (Å²) in [5.74, 6) is -0.593. The van der Waals surface area contributed by atoms with Gasteiger partial charge in [-0.15, -0.1) is 0 Å². The van der Waals surface area contributed by atoms with Gasteiger partial charge in [-0.1, -0.05) is 12.8 Å². The van der Waals surface area contributed by atoms with Crippen molar-refractivity contribution in [3.05, 3.63) is 28.2 Å². The van der Waals surface area contributed by atoms with Gasteiger partial charge in [0.1, 0.15) is 11.2 Å². The van der Waals surface area contributed by atoms with Gasteiger partial charge in [0.15, 0.2) is 0 Å². The van der Waals surface area contributed by atoms with Crippen molar-refractivity contribution < 1.29 is 9.53 Å². The van der Waals surface area contributed by atoms with Crippen molar-refractivity contribution in [3.8, 4) is 0 Å². The second-order valence-corrected chi connectivity index (χ2v) is 5.04. The highest BCUT2D eigenvalue weighted by atomic mass is 16.5. The molecule has 6 nitrogen and oxygen atoms in total. The molecule has 0 aliphatic heterocycles. The minimum absolute atomic E-state index is 0.0327. The van der Waals surface area contributed by atoms with Gasteiger partial charge in [0.05, 0.1) is 24.2 Å². The van der Waals surface area contributed by atoms with Gasteiger partial charge < -0.3 is 9.72 Å². The Labute approximate surface area is 115 Å². The molecule has 0 saturated heterocycles. The van der Waals surface area contributed by atoms with E-state index in [4.69, 9.17) is 4.74 Å². The summed E-state index contributed by atoms with van der Waals surface area (Å²) in [7, 11) is 0. The molecule has 0 aromatic carbocycles. The molecule has 0 spiro atoms. The fraction of sp³-hybridized carbons (Fsp3) is 0.500. The van der Waals surface area contributed by atoms with Gasteiger partial charge in [0.2, 0.25) is 5.43 Å². The highest BCUT2D eigenvalue weighted by molar-refractivity contribution is 5.92. The molecule has 106 valence electrons. The molecule has 2 aromatic heterocycles. The predicted molar refractivity (Wildman–Crippen MR) is 73.8 cm³/mol. The molecule has 0 bridgehead atoms. The number of esters is 1. The first kappa shape index (κ1) is 12.9. The summed E-state index contributed by atoms with van der Waals surface area (Å²) in [6.07, 6.45) is 7.51. The van der Waals surface area contributed by atoms with Crippen LogP contribution in [0, 0.1) is 0 Å². The number of pyridine rings is 1. The summed E-state index contributed by atoms with van der Waals surface area (Å²) >= 11 is 0. The third-order valence-electron chi connectivity index (χ3n) is 3.80. The van der Waals surface area contributed by atoms with E-state index in [1.54, 1.807) is 6.92 Å². The Balaban J connectivity index is 2.06. The number of carbonyl (C=O) groups excluding carboxylic acids is 1. The number of aromatic nitrogens is 3. The lowest BCUT2D eigenvalue weighted by Gasteiger charge is -2.10. The smallest absolute Gasteiger partial charge is 0.343 e. The average molecular weight is 275 g/mol. The topological polar surface area (TPSA) is 77.0 Å². The highest BCUT2D eigenvalue weighted by Gasteiger charge is 2.22. The zero-order chi connectivity index (χ0) is 14.1. The van der Waals surface area contributed by atoms with Crippen LogP contribution in [0.4, 0.5) is 0 Å². The molecule has 1 fully saturated rings. The standard InChI is InChI=1S/C14H17N3O3/c1-2-20-14(19)11-7-15-13-10(12(11)18)8-16-17(13)9-5-3-4-6-9/h7-9H,2-6H2,1H3,(H,15,18). The summed E-state index contributed by atoms with van der Waals surface area (Å²) < 4.78 is 6.75. The SMILES string of the molecule is CCOC(=O)c1c[nH]c2c(cnn2C2CCCC2)c1=O. The molecule has 2 aromatic rings. The molecule has 0 unspecified atom stereocenters. The maximum absolute atomic E-state index is 12.3. The Morgan fingerprint density at radius 1 is 1.50 bits per heavy atom. The van der Waals surface area contributed by atoms with E-state index in [1.165, 1.54) is 25.2 Å². The van der Waals surface area contributed by atoms with Crippen molar-refractivity contribution >= 4 is 17.0 Å². The highest BCUT2D eigenvalue weighted by Crippen LogP contribution is 2.30. The number of nitrogens with one attached hydrogen (secondary N) is 1. The Morgan fingerprint density at radius 3 is 2.95 bits per heavy atom. The quantitative estimate of drug-likeness (QED) is 0.869. The van der Waals surface area contributed by atoms with Crippen molar-refractivity contribution in [3.63, 3.8) is 0 Å². The summed E-state index contributed by atoms with van der Waals surface area (Å²) in [5, 5.41) is 4.76. The van der Waals surface area contributed by atoms with Crippen molar-refractivity contribution in [1.82, 2.24) is 14.8 Å². The first-order valence-corrected chi connectivity index (χ1v) is 6.98. The number of hydrogen-bond acceptors (Lipinski definition) is 4. The van der Waals surface area contributed by atoms with Crippen LogP contribution in [0.25, 0.3) is 11.0 Å². The lowest BCUT2D eigenvalue weighted by atomic mass is 10.2. The summed E-state index contributed by atoms with van der Waals surface area (Å²) in [6.45, 7) is 1.96. The van der Waals surface area contributed by atoms with Gasteiger partial charge in [0.25, 0.3) is 0 Å². The van der Waals surface area contributed by atoms with Gasteiger partial charge in [-0.3, -0.25) is 4.79 Å². The minimum atomic E-state index is -0.593. The minimum Gasteiger partial charge on any atom is -0.462 e. The van der Waals surface area contributed by atoms with Crippen LogP contribution in [0.5, 0.6) is 0 Å². The van der Waals surface area contributed by atoms with Crippen LogP contribution >= 0.6 is 0 Å². The fourth-order valence-corrected chi connectivity index (χ4v) is 2.81. The number of fused-ring (bicyclic) bond motifs is 1. The summed E-state index contributed by atoms with van der Waals surface area (Å²) in [4.78, 5) is 27.0. The largest absolute Gasteiger partial charge is 0.462 e. The average Bonchev–Trinajstić information content (AvgIpc) is 3.07. The van der Waals surface area contributed by atoms with Crippen LogP contribution in [0.1, 0.15) is 49.0 Å². The lowest BCUT2D eigenvalue weighted by molar-refractivity contribution is 0.0524. The van der Waals surface area contributed by atoms with Gasteiger partial charge in [0, 0.05) is 6.20 Å². The first-order valence-electron chi connectivity index (χ1n) is 6.98. The lowest BCUT2D eigenvalue weighted by Crippen LogP contribution is -2.18. The van der Waals surface area contributed by atoms with Crippen molar-refractivity contribution in [2.75, 3.05) is 6.61 Å². The zero-order valence-electron chi connectivity index (χ0n) is 11.4. The number of aromatic amines is 1. The van der Waals surface area contributed by atoms with Gasteiger partial charge in [-0.2, -0.15) is 5.10 Å². The van der Waals surface area contributed by atoms with Crippen molar-refractivity contribution in [2.45, 2.75) is 38.6 Å². The molecule has 0 radical (unpaired) electrons. The molecule has 3 rings (SSSR count). The summed E-state index contributed by atoms with van der Waals surface area (Å²) in [6, 6.07) is 0.344. The van der Waals surface area contributed by atoms with Gasteiger partial charge in [-0.25, -0.2) is 9.48 Å². The number of rotatable bonds is 3. The van der Waals surface area contributed by atoms with Gasteiger partial charge in [-0.05, 0) is 19.8 Å². The normalized spacial score (nSPS) is 15.8. The van der Waals surface area contributed by atoms with E-state index in [9.17, 15) is 9.59 Å². The van der Waals surface area contributed by atoms with E-state index in [-0.39, 0.29) is 17.6 Å². The predicted octanol–water partition coefficient (Wildman–Crippen LogP) is 2.02. The molecule has 1 saturated carbocycles. The molecule has 1 N–H and O–H groups in total. The Morgan fingerprint density at radius 2 is 2.25 bits per heavy atom. The van der Waals surface area contributed by atoms with Crippen LogP contribution in [0.2, 0.25) is 0 Å². The van der Waals surface area contributed by atoms with E-state index in [0.29, 0.717) is 17.1 Å². The molecule has 2 heterocycles. The molecule has 1 aliphatic rings. The van der Waals surface area contributed by atoms with E-state index in [2.05, 4.69) is 10.1 Å². The number of H-pyrrole nitrogens is 1. The summed E-state index contributed by atoms with van der Waals surface area (Å²) in [5.41, 5.74) is 0.404. The molecular weight excluding hydrogens is 258 g/mol. The van der Waals surface area contributed by atoms with E-state index in [0.717, 1.165) is 12.8 Å². The first-order chi connectivity index (χ1) is 9.72. The van der Waals surface area contributed by atoms with E-state index >= 15 is 0 Å². The third-order valence-corrected chi connectivity index (χ3v) is 3.80. The Bertz CT molecular complexity index is 695. The maximum Gasteiger partial charge on any atom is 0.343 e. The van der Waals surface area contributed by atoms with Crippen LogP contribution in [-0.2, 0) is 4.74 Å². The van der Waals surface area contributed by atoms with Crippen LogP contribution < -0.4 is 5.43 Å². The number of nitrogens with zero attached hydrogens (tertiary/aromatic N) is 2. The molecule has 0 atom stereocenters. The number of carbonyl (C=O) groups is 1. The van der Waals surface area contributed by atoms with Crippen molar-refractivity contribution in [2.24, 2.45) is 0 Å². The van der Waals surface area contributed by atoms with E-state index < -0.39 is 5.97 Å². The van der Waals surface area contributed by atoms with Crippen LogP contribution in [-0.4, -0.2) is 27.3 Å². The molecular formula is C14H17N3O3. The third kappa shape index (κ3) is 2.01. The monoisotopic (exact) mass is 275 g/mol. The number of hydrogen-bond donors (Lipinski definition) is 1. The van der Waals surface area contributed by atoms with Crippen LogP contribution in [0.3, 0.4) is 0 Å². The second-order valence-electron chi connectivity index (χ2n) is 5.04. The molecule has 1 aliphatic carbocycles. The fourth-order valence-electron chi connectivity index (χ4n) is 2.81. The molecule has 6 heteroatoms. The maximum atomic E-state index is 12.3. The van der Waals surface area contributed by atoms with Crippen molar-refractivity contribution in [1.29, 1.82) is 0 Å². The Kier molecular flexibility index (Phi) is 3.30. The van der Waals surface area contributed by atoms with Gasteiger partial charge >= 0.3 is 5.97 Å². The van der Waals surface area contributed by atoms with Crippen LogP contribution in [0.15, 0.2) is 17.2 Å². The number of ether oxygens (including phenoxy) is 1. The van der Waals surface area contributed by atoms with E-state index in [1.807, 2.05) is 4.68 Å². The Hall–Kier alpha value is -2.11. The molecule has 0 amide bonds. The zero-order valence-corrected chi connectivity index (χ0v) is 11.4. The molecule has 20 heavy (non-hydrogen) atoms. The second kappa shape index (κ2) is 5.11.